The van der Waals surface area contributed by atoms with Crippen LogP contribution in [0, 0.1) is 5.92 Å². The van der Waals surface area contributed by atoms with E-state index in [9.17, 15) is 27.6 Å². The van der Waals surface area contributed by atoms with Crippen molar-refractivity contribution in [1.29, 1.82) is 0 Å². The minimum absolute atomic E-state index is 0.0504. The molecule has 274 valence electrons. The Bertz CT molecular complexity index is 1840. The maximum Gasteiger partial charge on any atom is 0.408 e. The number of hydrogen-bond donors (Lipinski definition) is 3. The summed E-state index contributed by atoms with van der Waals surface area (Å²) in [5.41, 5.74) is -0.735. The first-order chi connectivity index (χ1) is 24.1. The van der Waals surface area contributed by atoms with Gasteiger partial charge in [-0.25, -0.2) is 13.2 Å². The first kappa shape index (κ1) is 36.7. The van der Waals surface area contributed by atoms with Gasteiger partial charge in [0.15, 0.2) is 0 Å². The SMILES string of the molecule is CC(C)(C)OC(=O)N[C@H]1CCCCC/C=C\[C@@H]2C[C@@]2(C(=O)NS(=O)(=O)C2CC2)NC(=O)C2Cc3cc(Oc4cccc(Cl)c4)ccc3CN2C1=O. The number of allylic oxidation sites excluding steroid dienone is 1. The van der Waals surface area contributed by atoms with E-state index in [0.717, 1.165) is 24.0 Å². The van der Waals surface area contributed by atoms with E-state index in [4.69, 9.17) is 21.1 Å². The molecule has 2 aromatic carbocycles. The Hall–Kier alpha value is -4.10. The lowest BCUT2D eigenvalue weighted by atomic mass is 9.91. The molecule has 2 saturated carbocycles. The summed E-state index contributed by atoms with van der Waals surface area (Å²) in [7, 11) is -3.88. The molecule has 6 rings (SSSR count). The fraction of sp³-hybridized carbons (Fsp3) is 0.514. The van der Waals surface area contributed by atoms with Crippen LogP contribution in [0.4, 0.5) is 4.79 Å². The molecule has 0 aromatic heterocycles. The summed E-state index contributed by atoms with van der Waals surface area (Å²) < 4.78 is 39.4. The Morgan fingerprint density at radius 3 is 2.49 bits per heavy atom. The lowest BCUT2D eigenvalue weighted by Gasteiger charge is -2.39. The third kappa shape index (κ3) is 8.86. The van der Waals surface area contributed by atoms with E-state index < -0.39 is 68.2 Å². The third-order valence-corrected chi connectivity index (χ3v) is 11.7. The molecular weight excluding hydrogens is 696 g/mol. The molecule has 0 radical (unpaired) electrons. The van der Waals surface area contributed by atoms with Crippen molar-refractivity contribution >= 4 is 45.4 Å². The van der Waals surface area contributed by atoms with Crippen LogP contribution >= 0.6 is 11.6 Å². The molecule has 4 atom stereocenters. The molecule has 0 saturated heterocycles. The van der Waals surface area contributed by atoms with Gasteiger partial charge in [0.2, 0.25) is 21.8 Å². The molecule has 0 bridgehead atoms. The zero-order chi connectivity index (χ0) is 36.6. The van der Waals surface area contributed by atoms with Crippen molar-refractivity contribution in [3.8, 4) is 11.5 Å². The molecule has 12 nitrogen and oxygen atoms in total. The molecule has 0 spiro atoms. The number of benzene rings is 2. The standard InChI is InChI=1S/C37H45ClN4O8S/c1-36(2,3)50-35(46)39-30-13-8-6-4-5-7-10-25-21-37(25,34(45)41-51(47,48)29-16-17-29)40-32(43)31-19-24-18-28(49-27-12-9-11-26(38)20-27)15-14-23(24)22-42(31)33(30)44/h7,9-12,14-15,18,20,25,29-31H,4-6,8,13,16-17,19,21-22H2,1-3H3,(H,39,46)(H,40,43)(H,41,45)/b10-7-/t25-,30+,31?,37-/m1/s1. The van der Waals surface area contributed by atoms with Crippen molar-refractivity contribution in [2.75, 3.05) is 0 Å². The molecule has 2 aliphatic heterocycles. The van der Waals surface area contributed by atoms with Crippen molar-refractivity contribution < 1.29 is 37.1 Å². The topological polar surface area (TPSA) is 160 Å². The molecule has 4 aliphatic rings. The number of ether oxygens (including phenoxy) is 2. The van der Waals surface area contributed by atoms with E-state index in [1.54, 1.807) is 51.1 Å². The highest BCUT2D eigenvalue weighted by atomic mass is 35.5. The van der Waals surface area contributed by atoms with Gasteiger partial charge in [0.05, 0.1) is 5.25 Å². The highest BCUT2D eigenvalue weighted by Gasteiger charge is 2.62. The van der Waals surface area contributed by atoms with Crippen molar-refractivity contribution in [2.24, 2.45) is 5.92 Å². The predicted octanol–water partition coefficient (Wildman–Crippen LogP) is 5.28. The number of nitrogens with one attached hydrogen (secondary N) is 3. The third-order valence-electron chi connectivity index (χ3n) is 9.61. The summed E-state index contributed by atoms with van der Waals surface area (Å²) in [6.07, 6.45) is 7.59. The number of rotatable bonds is 6. The monoisotopic (exact) mass is 740 g/mol. The molecule has 2 aliphatic carbocycles. The zero-order valence-electron chi connectivity index (χ0n) is 29.1. The second-order valence-electron chi connectivity index (χ2n) is 14.9. The van der Waals surface area contributed by atoms with E-state index in [1.165, 1.54) is 4.90 Å². The Morgan fingerprint density at radius 1 is 1.00 bits per heavy atom. The van der Waals surface area contributed by atoms with Gasteiger partial charge >= 0.3 is 6.09 Å². The van der Waals surface area contributed by atoms with Crippen LogP contribution in [0.2, 0.25) is 5.02 Å². The quantitative estimate of drug-likeness (QED) is 0.337. The Balaban J connectivity index is 1.33. The molecule has 2 fully saturated rings. The Morgan fingerprint density at radius 2 is 1.76 bits per heavy atom. The van der Waals surface area contributed by atoms with Crippen molar-refractivity contribution in [1.82, 2.24) is 20.3 Å². The Kier molecular flexibility index (Phi) is 10.4. The normalized spacial score (nSPS) is 26.1. The Labute approximate surface area is 303 Å². The second-order valence-corrected chi connectivity index (χ2v) is 17.3. The lowest BCUT2D eigenvalue weighted by molar-refractivity contribution is -0.144. The van der Waals surface area contributed by atoms with E-state index in [-0.39, 0.29) is 19.4 Å². The molecule has 4 amide bonds. The number of fused-ring (bicyclic) bond motifs is 3. The van der Waals surface area contributed by atoms with E-state index in [0.29, 0.717) is 48.6 Å². The first-order valence-corrected chi connectivity index (χ1v) is 19.5. The summed E-state index contributed by atoms with van der Waals surface area (Å²) in [4.78, 5) is 57.0. The van der Waals surface area contributed by atoms with Crippen LogP contribution in [-0.4, -0.2) is 65.6 Å². The van der Waals surface area contributed by atoms with Crippen LogP contribution in [0.3, 0.4) is 0 Å². The van der Waals surface area contributed by atoms with Gasteiger partial charge in [-0.2, -0.15) is 0 Å². The number of alkyl carbamates (subject to hydrolysis) is 1. The molecule has 2 aromatic rings. The molecule has 51 heavy (non-hydrogen) atoms. The average molecular weight is 741 g/mol. The van der Waals surface area contributed by atoms with Crippen molar-refractivity contribution in [3.63, 3.8) is 0 Å². The minimum Gasteiger partial charge on any atom is -0.457 e. The average Bonchev–Trinajstić information content (AvgIpc) is 3.98. The second kappa shape index (κ2) is 14.5. The fourth-order valence-corrected chi connectivity index (χ4v) is 8.22. The lowest BCUT2D eigenvalue weighted by Crippen LogP contribution is -2.61. The molecule has 2 heterocycles. The van der Waals surface area contributed by atoms with E-state index in [1.807, 2.05) is 24.3 Å². The summed E-state index contributed by atoms with van der Waals surface area (Å²) in [5.74, 6) is -1.22. The first-order valence-electron chi connectivity index (χ1n) is 17.5. The van der Waals surface area contributed by atoms with Crippen LogP contribution in [0.25, 0.3) is 0 Å². The summed E-state index contributed by atoms with van der Waals surface area (Å²) in [5, 5.41) is 5.54. The van der Waals surface area contributed by atoms with Gasteiger partial charge in [-0.15, -0.1) is 0 Å². The van der Waals surface area contributed by atoms with Crippen molar-refractivity contribution in [2.45, 2.75) is 114 Å². The van der Waals surface area contributed by atoms with Crippen LogP contribution < -0.4 is 20.1 Å². The van der Waals surface area contributed by atoms with E-state index >= 15 is 0 Å². The van der Waals surface area contributed by atoms with Crippen LogP contribution in [0.15, 0.2) is 54.6 Å². The number of sulfonamides is 1. The van der Waals surface area contributed by atoms with Gasteiger partial charge in [-0.05, 0) is 101 Å². The minimum atomic E-state index is -3.88. The summed E-state index contributed by atoms with van der Waals surface area (Å²) in [6, 6.07) is 10.3. The van der Waals surface area contributed by atoms with E-state index in [2.05, 4.69) is 15.4 Å². The maximum atomic E-state index is 14.5. The van der Waals surface area contributed by atoms with Crippen molar-refractivity contribution in [3.05, 3.63) is 70.8 Å². The number of carbonyl (C=O) groups excluding carboxylic acids is 4. The van der Waals surface area contributed by atoms with Crippen LogP contribution in [0.1, 0.15) is 83.3 Å². The molecule has 14 heteroatoms. The van der Waals surface area contributed by atoms with Gasteiger partial charge in [0.1, 0.15) is 34.7 Å². The van der Waals surface area contributed by atoms with Gasteiger partial charge in [0.25, 0.3) is 5.91 Å². The number of carbonyl (C=O) groups is 4. The maximum absolute atomic E-state index is 14.5. The summed E-state index contributed by atoms with van der Waals surface area (Å²) >= 11 is 6.15. The number of amides is 4. The van der Waals surface area contributed by atoms with Crippen LogP contribution in [0.5, 0.6) is 11.5 Å². The van der Waals surface area contributed by atoms with Gasteiger partial charge in [-0.3, -0.25) is 19.1 Å². The molecule has 1 unspecified atom stereocenters. The fourth-order valence-electron chi connectivity index (χ4n) is 6.68. The van der Waals surface area contributed by atoms with Gasteiger partial charge in [0, 0.05) is 23.9 Å². The van der Waals surface area contributed by atoms with Crippen LogP contribution in [-0.2, 0) is 42.1 Å². The molecule has 3 N–H and O–H groups in total. The smallest absolute Gasteiger partial charge is 0.408 e. The highest BCUT2D eigenvalue weighted by molar-refractivity contribution is 7.91. The number of halogens is 1. The zero-order valence-corrected chi connectivity index (χ0v) is 30.6. The largest absolute Gasteiger partial charge is 0.457 e. The van der Waals surface area contributed by atoms with Gasteiger partial charge < -0.3 is 25.0 Å². The number of hydrogen-bond acceptors (Lipinski definition) is 8. The summed E-state index contributed by atoms with van der Waals surface area (Å²) in [6.45, 7) is 5.25. The number of nitrogens with zero attached hydrogens (tertiary/aromatic N) is 1. The van der Waals surface area contributed by atoms with Gasteiger partial charge in [-0.1, -0.05) is 48.7 Å². The predicted molar refractivity (Wildman–Crippen MR) is 190 cm³/mol. The highest BCUT2D eigenvalue weighted by Crippen LogP contribution is 2.46. The molecular formula is C37H45ClN4O8S.